The van der Waals surface area contributed by atoms with Gasteiger partial charge < -0.3 is 85.9 Å². The number of aromatic nitrogens is 6. The number of halogens is 4. The summed E-state index contributed by atoms with van der Waals surface area (Å²) < 4.78 is 119. The normalized spacial score (nSPS) is 18.4. The molecule has 3 fully saturated rings. The molecule has 7 aliphatic heterocycles. The van der Waals surface area contributed by atoms with Crippen LogP contribution in [0.25, 0.3) is 22.5 Å². The van der Waals surface area contributed by atoms with E-state index in [9.17, 15) is 27.9 Å². The molecule has 14 rings (SSSR count). The predicted octanol–water partition coefficient (Wildman–Crippen LogP) is 10.3. The van der Waals surface area contributed by atoms with Crippen LogP contribution in [-0.4, -0.2) is 185 Å². The summed E-state index contributed by atoms with van der Waals surface area (Å²) in [5, 5.41) is 43.3. The van der Waals surface area contributed by atoms with Gasteiger partial charge in [-0.3, -0.25) is 0 Å². The van der Waals surface area contributed by atoms with Gasteiger partial charge in [-0.25, -0.2) is 19.1 Å². The highest BCUT2D eigenvalue weighted by Crippen LogP contribution is 2.44. The monoisotopic (exact) mass is 1460 g/mol. The van der Waals surface area contributed by atoms with Crippen molar-refractivity contribution in [2.45, 2.75) is 129 Å². The highest BCUT2D eigenvalue weighted by molar-refractivity contribution is 9.10. The lowest BCUT2D eigenvalue weighted by atomic mass is 9.49. The third-order valence-electron chi connectivity index (χ3n) is 17.4. The summed E-state index contributed by atoms with van der Waals surface area (Å²) in [6.07, 6.45) is -5.08. The third kappa shape index (κ3) is 17.9. The lowest BCUT2D eigenvalue weighted by Gasteiger charge is -2.32. The summed E-state index contributed by atoms with van der Waals surface area (Å²) in [6, 6.07) is 29.5. The lowest BCUT2D eigenvalue weighted by Crippen LogP contribution is -2.41. The topological polar surface area (TPSA) is 323 Å². The molecule has 0 atom stereocenters. The van der Waals surface area contributed by atoms with E-state index in [1.165, 1.54) is 0 Å². The number of aromatic amines is 1. The molecule has 534 valence electrons. The van der Waals surface area contributed by atoms with Crippen molar-refractivity contribution in [3.05, 3.63) is 118 Å². The van der Waals surface area contributed by atoms with Gasteiger partial charge in [-0.15, -0.1) is 10.2 Å². The average Bonchev–Trinajstić information content (AvgIpc) is 1.60. The average molecular weight is 1460 g/mol. The molecule has 0 radical (unpaired) electrons. The number of alkyl halides is 3. The molecule has 0 bridgehead atoms. The molecule has 27 nitrogen and oxygen atoms in total. The van der Waals surface area contributed by atoms with Gasteiger partial charge in [0, 0.05) is 15.6 Å². The van der Waals surface area contributed by atoms with Crippen LogP contribution in [0.3, 0.4) is 0 Å². The van der Waals surface area contributed by atoms with Gasteiger partial charge in [-0.1, -0.05) is 39.3 Å². The highest BCUT2D eigenvalue weighted by Gasteiger charge is 2.64. The summed E-state index contributed by atoms with van der Waals surface area (Å²) in [5.74, 6) is 1.36. The van der Waals surface area contributed by atoms with Crippen LogP contribution in [0.5, 0.6) is 51.7 Å². The number of carbonyl (C=O) groups is 3. The number of nitrogens with zero attached hydrogens (tertiary/aromatic N) is 5. The first-order chi connectivity index (χ1) is 47.0. The molecule has 3 saturated heterocycles. The van der Waals surface area contributed by atoms with Crippen molar-refractivity contribution >= 4 is 60.4 Å². The number of hydrogen-bond acceptors (Lipinski definition) is 22. The van der Waals surface area contributed by atoms with Crippen molar-refractivity contribution in [1.29, 1.82) is 0 Å². The van der Waals surface area contributed by atoms with Crippen molar-refractivity contribution in [2.75, 3.05) is 60.0 Å². The van der Waals surface area contributed by atoms with Gasteiger partial charge in [-0.05, 0) is 173 Å². The van der Waals surface area contributed by atoms with Gasteiger partial charge in [0.05, 0.1) is 47.3 Å². The Balaban J connectivity index is 0.000000145. The molecular weight excluding hydrogens is 1380 g/mol. The quantitative estimate of drug-likeness (QED) is 0.0976. The molecule has 9 heterocycles. The third-order valence-corrected chi connectivity index (χ3v) is 17.9. The summed E-state index contributed by atoms with van der Waals surface area (Å²) >= 11 is 3.35. The van der Waals surface area contributed by atoms with Crippen LogP contribution in [-0.2, 0) is 39.3 Å². The molecule has 0 unspecified atom stereocenters. The second-order valence-corrected chi connectivity index (χ2v) is 26.9. The van der Waals surface area contributed by atoms with E-state index in [0.717, 1.165) is 44.2 Å². The number of fused-ring (bicyclic) bond motifs is 4. The zero-order valence-corrected chi connectivity index (χ0v) is 58.9. The lowest BCUT2D eigenvalue weighted by molar-refractivity contribution is -0.192. The maximum Gasteiger partial charge on any atom is 0.494 e. The van der Waals surface area contributed by atoms with Crippen LogP contribution >= 0.6 is 15.9 Å². The van der Waals surface area contributed by atoms with E-state index in [0.29, 0.717) is 99.2 Å². The van der Waals surface area contributed by atoms with Crippen molar-refractivity contribution in [2.24, 2.45) is 0 Å². The molecule has 7 aromatic rings. The largest absolute Gasteiger partial charge is 0.497 e. The van der Waals surface area contributed by atoms with E-state index >= 15 is 0 Å². The maximum absolute atomic E-state index is 11.6. The molecule has 34 heteroatoms. The second kappa shape index (κ2) is 30.6. The van der Waals surface area contributed by atoms with E-state index in [1.54, 1.807) is 48.2 Å². The number of aliphatic carboxylic acids is 1. The van der Waals surface area contributed by atoms with Gasteiger partial charge >= 0.3 is 45.2 Å². The smallest absolute Gasteiger partial charge is 0.494 e. The van der Waals surface area contributed by atoms with Gasteiger partial charge in [0.2, 0.25) is 0 Å². The van der Waals surface area contributed by atoms with Crippen molar-refractivity contribution < 1.29 is 113 Å². The number of H-pyrrole nitrogens is 1. The molecule has 2 aromatic heterocycles. The number of ether oxygens (including phenoxy) is 9. The standard InChI is InChI=1S/C19H17N3O5.C14H19BO4.C12H24B2O4.C11H9N3O4.C8H7BrO2.C2HF3O2/c1-25-14-5-2-12(3-6-14)11-22-18(17(19(23)24)20-21-22)13-4-7-15-16(10-13)27-9-8-26-15;1-13(2)14(3,4)19-15(18-13)10-5-6-11-12(9-10)17-8-7-16-11;1-9(2)10(3,4)16-13(15-9)14-17-11(5,6)12(7,8)18-14;15-11(16)10-9(12-14-13-10)6-1-2-7-8(5-6)18-4-3-17-7;9-6-1-2-7-8(5-6)11-4-3-10-7;3-2(4,5)1(6)7/h2-7,10H,8-9,11H2,1H3,(H,23,24);5-6,9H,7-8H2,1-4H3;1-8H3;1-2,5H,3-4H2,(H,15,16)(H,12,13,14);1-2,5H,3-4H2;(H,6,7). The Bertz CT molecular complexity index is 3960. The Labute approximate surface area is 583 Å². The second-order valence-electron chi connectivity index (χ2n) is 26.0. The van der Waals surface area contributed by atoms with Crippen LogP contribution in [0.2, 0.25) is 0 Å². The molecule has 0 aliphatic carbocycles. The number of carboxylic acid groups (broad SMARTS) is 3. The van der Waals surface area contributed by atoms with E-state index in [2.05, 4.69) is 41.7 Å². The molecule has 0 spiro atoms. The van der Waals surface area contributed by atoms with E-state index < -0.39 is 38.1 Å². The summed E-state index contributed by atoms with van der Waals surface area (Å²) in [6.45, 7) is 29.2. The van der Waals surface area contributed by atoms with Crippen LogP contribution in [0.15, 0.2) is 102 Å². The number of carboxylic acids is 3. The van der Waals surface area contributed by atoms with Crippen LogP contribution < -0.4 is 48.1 Å². The van der Waals surface area contributed by atoms with Crippen molar-refractivity contribution in [3.63, 3.8) is 0 Å². The molecule has 7 aliphatic rings. The zero-order chi connectivity index (χ0) is 72.8. The summed E-state index contributed by atoms with van der Waals surface area (Å²) in [7, 11) is 0.291. The first-order valence-electron chi connectivity index (χ1n) is 31.5. The van der Waals surface area contributed by atoms with Crippen LogP contribution in [0, 0.1) is 0 Å². The van der Waals surface area contributed by atoms with Gasteiger partial charge in [0.1, 0.15) is 70.0 Å². The number of benzene rings is 5. The highest BCUT2D eigenvalue weighted by atomic mass is 79.9. The predicted molar refractivity (Wildman–Crippen MR) is 359 cm³/mol. The van der Waals surface area contributed by atoms with E-state index in [1.807, 2.05) is 144 Å². The van der Waals surface area contributed by atoms with Crippen molar-refractivity contribution in [1.82, 2.24) is 30.4 Å². The Morgan fingerprint density at radius 3 is 1.32 bits per heavy atom. The number of methoxy groups -OCH3 is 1. The van der Waals surface area contributed by atoms with Crippen LogP contribution in [0.1, 0.15) is 110 Å². The summed E-state index contributed by atoms with van der Waals surface area (Å²) in [5.41, 5.74) is 1.53. The van der Waals surface area contributed by atoms with Gasteiger partial charge in [-0.2, -0.15) is 23.5 Å². The first kappa shape index (κ1) is 75.4. The molecular formula is C66H77B3BrF3N6O21. The van der Waals surface area contributed by atoms with E-state index in [4.69, 9.17) is 85.6 Å². The molecule has 0 amide bonds. The molecule has 5 aromatic carbocycles. The maximum atomic E-state index is 11.6. The zero-order valence-electron chi connectivity index (χ0n) is 57.3. The Morgan fingerprint density at radius 2 is 0.890 bits per heavy atom. The number of hydrogen-bond donors (Lipinski definition) is 4. The van der Waals surface area contributed by atoms with E-state index in [-0.39, 0.29) is 57.8 Å². The first-order valence-corrected chi connectivity index (χ1v) is 32.3. The number of nitrogens with one attached hydrogen (secondary N) is 1. The minimum Gasteiger partial charge on any atom is -0.497 e. The Kier molecular flexibility index (Phi) is 23.1. The number of rotatable bonds is 9. The minimum absolute atomic E-state index is 0.111. The Hall–Kier alpha value is -8.79. The Morgan fingerprint density at radius 1 is 0.510 bits per heavy atom. The summed E-state index contributed by atoms with van der Waals surface area (Å²) in [4.78, 5) is 31.5. The van der Waals surface area contributed by atoms with Crippen LogP contribution in [0.4, 0.5) is 13.2 Å². The molecule has 0 saturated carbocycles. The fraction of sp³-hybridized carbons (Fsp3) is 0.439. The number of aromatic carboxylic acids is 2. The molecule has 4 N–H and O–H groups in total. The SMILES string of the molecule is Brc1ccc2c(c1)OCCO2.CC1(C)OB(B2OC(C)(C)C(C)(C)O2)OC1(C)C.CC1(C)OB(c2ccc3c(c2)OCCO3)OC1(C)C.COc1ccc(Cn2nnc(C(=O)O)c2-c2ccc3c(c2)OCCO3)cc1.O=C(O)C(F)(F)F.O=C(O)c1n[nH]nc1-c1ccc2c(c1)OCCO2. The van der Waals surface area contributed by atoms with Gasteiger partial charge in [0.25, 0.3) is 0 Å². The minimum atomic E-state index is -5.08. The molecule has 100 heavy (non-hydrogen) atoms. The van der Waals surface area contributed by atoms with Gasteiger partial charge in [0.15, 0.2) is 57.4 Å². The fourth-order valence-electron chi connectivity index (χ4n) is 9.92. The van der Waals surface area contributed by atoms with Crippen molar-refractivity contribution in [3.8, 4) is 74.3 Å². The fourth-order valence-corrected chi connectivity index (χ4v) is 10.3.